The SMILES string of the molecule is CN(C)c1ccc(C(=O)N2C3CCC2CC(F)C3)cc1. The Morgan fingerprint density at radius 1 is 1.15 bits per heavy atom. The summed E-state index contributed by atoms with van der Waals surface area (Å²) in [6.45, 7) is 0. The second-order valence-electron chi connectivity index (χ2n) is 6.11. The van der Waals surface area contributed by atoms with E-state index in [-0.39, 0.29) is 18.0 Å². The topological polar surface area (TPSA) is 23.6 Å². The van der Waals surface area contributed by atoms with Crippen LogP contribution in [0.1, 0.15) is 36.0 Å². The Kier molecular flexibility index (Phi) is 3.40. The lowest BCUT2D eigenvalue weighted by Gasteiger charge is -2.36. The van der Waals surface area contributed by atoms with E-state index >= 15 is 0 Å². The molecule has 2 fully saturated rings. The van der Waals surface area contributed by atoms with E-state index in [1.807, 2.05) is 48.2 Å². The molecular formula is C16H21FN2O. The molecule has 0 spiro atoms. The molecule has 0 N–H and O–H groups in total. The van der Waals surface area contributed by atoms with Gasteiger partial charge >= 0.3 is 0 Å². The molecule has 2 aliphatic rings. The van der Waals surface area contributed by atoms with Gasteiger partial charge in [-0.05, 0) is 49.9 Å². The molecule has 2 bridgehead atoms. The van der Waals surface area contributed by atoms with Gasteiger partial charge in [-0.1, -0.05) is 0 Å². The van der Waals surface area contributed by atoms with Crippen molar-refractivity contribution in [3.8, 4) is 0 Å². The largest absolute Gasteiger partial charge is 0.378 e. The standard InChI is InChI=1S/C16H21FN2O/c1-18(2)13-5-3-11(4-6-13)16(20)19-14-7-8-15(19)10-12(17)9-14/h3-6,12,14-15H,7-10H2,1-2H3. The van der Waals surface area contributed by atoms with E-state index in [9.17, 15) is 9.18 Å². The molecule has 0 saturated carbocycles. The van der Waals surface area contributed by atoms with Gasteiger partial charge in [0.2, 0.25) is 0 Å². The number of rotatable bonds is 2. The maximum atomic E-state index is 13.6. The first-order valence-electron chi connectivity index (χ1n) is 7.30. The summed E-state index contributed by atoms with van der Waals surface area (Å²) in [4.78, 5) is 16.6. The van der Waals surface area contributed by atoms with Crippen LogP contribution in [-0.4, -0.2) is 43.2 Å². The van der Waals surface area contributed by atoms with Crippen molar-refractivity contribution in [3.63, 3.8) is 0 Å². The third-order valence-corrected chi connectivity index (χ3v) is 4.54. The Morgan fingerprint density at radius 3 is 2.20 bits per heavy atom. The van der Waals surface area contributed by atoms with Gasteiger partial charge in [-0.25, -0.2) is 4.39 Å². The number of halogens is 1. The molecule has 108 valence electrons. The third kappa shape index (κ3) is 2.28. The molecule has 1 aromatic rings. The highest BCUT2D eigenvalue weighted by Crippen LogP contribution is 2.37. The molecule has 3 rings (SSSR count). The van der Waals surface area contributed by atoms with Crippen LogP contribution in [0.4, 0.5) is 10.1 Å². The van der Waals surface area contributed by atoms with Crippen LogP contribution in [0.2, 0.25) is 0 Å². The van der Waals surface area contributed by atoms with Gasteiger partial charge in [0.15, 0.2) is 0 Å². The van der Waals surface area contributed by atoms with Gasteiger partial charge in [-0.15, -0.1) is 0 Å². The van der Waals surface area contributed by atoms with E-state index in [0.717, 1.165) is 18.5 Å². The summed E-state index contributed by atoms with van der Waals surface area (Å²) in [6, 6.07) is 7.86. The number of amides is 1. The second kappa shape index (κ2) is 5.08. The van der Waals surface area contributed by atoms with Crippen LogP contribution in [0.5, 0.6) is 0 Å². The minimum absolute atomic E-state index is 0.0645. The maximum Gasteiger partial charge on any atom is 0.254 e. The van der Waals surface area contributed by atoms with Crippen LogP contribution in [-0.2, 0) is 0 Å². The lowest BCUT2D eigenvalue weighted by atomic mass is 9.99. The number of alkyl halides is 1. The fourth-order valence-corrected chi connectivity index (χ4v) is 3.49. The highest BCUT2D eigenvalue weighted by molar-refractivity contribution is 5.95. The van der Waals surface area contributed by atoms with Crippen LogP contribution >= 0.6 is 0 Å². The molecule has 1 aromatic carbocycles. The highest BCUT2D eigenvalue weighted by atomic mass is 19.1. The summed E-state index contributed by atoms with van der Waals surface area (Å²) >= 11 is 0. The summed E-state index contributed by atoms with van der Waals surface area (Å²) in [5.41, 5.74) is 1.79. The number of piperidine rings is 1. The second-order valence-corrected chi connectivity index (χ2v) is 6.11. The number of anilines is 1. The van der Waals surface area contributed by atoms with Gasteiger partial charge < -0.3 is 9.80 Å². The first-order valence-corrected chi connectivity index (χ1v) is 7.30. The van der Waals surface area contributed by atoms with Crippen molar-refractivity contribution >= 4 is 11.6 Å². The molecule has 0 radical (unpaired) electrons. The summed E-state index contributed by atoms with van der Waals surface area (Å²) in [7, 11) is 3.95. The van der Waals surface area contributed by atoms with Crippen LogP contribution < -0.4 is 4.90 Å². The molecule has 2 atom stereocenters. The molecule has 0 aromatic heterocycles. The normalized spacial score (nSPS) is 28.6. The van der Waals surface area contributed by atoms with Crippen molar-refractivity contribution in [3.05, 3.63) is 29.8 Å². The minimum atomic E-state index is -0.729. The molecule has 1 amide bonds. The molecule has 4 heteroatoms. The number of fused-ring (bicyclic) bond motifs is 2. The minimum Gasteiger partial charge on any atom is -0.378 e. The predicted octanol–water partition coefficient (Wildman–Crippen LogP) is 2.86. The van der Waals surface area contributed by atoms with E-state index < -0.39 is 6.17 Å². The Morgan fingerprint density at radius 2 is 1.70 bits per heavy atom. The summed E-state index contributed by atoms with van der Waals surface area (Å²) in [5.74, 6) is 0.0645. The van der Waals surface area contributed by atoms with E-state index in [1.54, 1.807) is 0 Å². The number of carbonyl (C=O) groups is 1. The third-order valence-electron chi connectivity index (χ3n) is 4.54. The van der Waals surface area contributed by atoms with Gasteiger partial charge in [-0.2, -0.15) is 0 Å². The summed E-state index contributed by atoms with van der Waals surface area (Å²) in [5, 5.41) is 0. The van der Waals surface area contributed by atoms with Crippen LogP contribution in [0, 0.1) is 0 Å². The van der Waals surface area contributed by atoms with E-state index in [1.165, 1.54) is 0 Å². The van der Waals surface area contributed by atoms with Crippen molar-refractivity contribution < 1.29 is 9.18 Å². The maximum absolute atomic E-state index is 13.6. The number of hydrogen-bond donors (Lipinski definition) is 0. The Labute approximate surface area is 119 Å². The van der Waals surface area contributed by atoms with E-state index in [4.69, 9.17) is 0 Å². The van der Waals surface area contributed by atoms with Gasteiger partial charge in [0, 0.05) is 37.4 Å². The Hall–Kier alpha value is -1.58. The van der Waals surface area contributed by atoms with Gasteiger partial charge in [0.05, 0.1) is 0 Å². The molecule has 2 heterocycles. The van der Waals surface area contributed by atoms with Crippen molar-refractivity contribution in [2.75, 3.05) is 19.0 Å². The first-order chi connectivity index (χ1) is 9.56. The molecule has 20 heavy (non-hydrogen) atoms. The Balaban J connectivity index is 1.79. The zero-order chi connectivity index (χ0) is 14.3. The van der Waals surface area contributed by atoms with Crippen molar-refractivity contribution in [1.82, 2.24) is 4.90 Å². The predicted molar refractivity (Wildman–Crippen MR) is 77.9 cm³/mol. The Bertz CT molecular complexity index is 486. The van der Waals surface area contributed by atoms with Gasteiger partial charge in [0.1, 0.15) is 6.17 Å². The zero-order valence-corrected chi connectivity index (χ0v) is 12.1. The van der Waals surface area contributed by atoms with Gasteiger partial charge in [0.25, 0.3) is 5.91 Å². The molecular weight excluding hydrogens is 255 g/mol. The molecule has 0 aliphatic carbocycles. The molecule has 2 unspecified atom stereocenters. The average Bonchev–Trinajstić information content (AvgIpc) is 2.70. The zero-order valence-electron chi connectivity index (χ0n) is 12.1. The summed E-state index contributed by atoms with van der Waals surface area (Å²) < 4.78 is 13.6. The van der Waals surface area contributed by atoms with Crippen molar-refractivity contribution in [2.24, 2.45) is 0 Å². The number of hydrogen-bond acceptors (Lipinski definition) is 2. The van der Waals surface area contributed by atoms with E-state index in [2.05, 4.69) is 0 Å². The highest BCUT2D eigenvalue weighted by Gasteiger charge is 2.43. The lowest BCUT2D eigenvalue weighted by Crippen LogP contribution is -2.47. The van der Waals surface area contributed by atoms with E-state index in [0.29, 0.717) is 18.4 Å². The summed E-state index contributed by atoms with van der Waals surface area (Å²) in [6.07, 6.45) is 2.20. The smallest absolute Gasteiger partial charge is 0.254 e. The number of benzene rings is 1. The number of carbonyl (C=O) groups excluding carboxylic acids is 1. The fraction of sp³-hybridized carbons (Fsp3) is 0.562. The molecule has 2 aliphatic heterocycles. The number of nitrogens with zero attached hydrogens (tertiary/aromatic N) is 2. The fourth-order valence-electron chi connectivity index (χ4n) is 3.49. The monoisotopic (exact) mass is 276 g/mol. The molecule has 2 saturated heterocycles. The lowest BCUT2D eigenvalue weighted by molar-refractivity contribution is 0.0479. The molecule has 3 nitrogen and oxygen atoms in total. The van der Waals surface area contributed by atoms with Gasteiger partial charge in [-0.3, -0.25) is 4.79 Å². The first kappa shape index (κ1) is 13.4. The van der Waals surface area contributed by atoms with Crippen LogP contribution in [0.25, 0.3) is 0 Å². The average molecular weight is 276 g/mol. The van der Waals surface area contributed by atoms with Crippen LogP contribution in [0.3, 0.4) is 0 Å². The van der Waals surface area contributed by atoms with Crippen LogP contribution in [0.15, 0.2) is 24.3 Å². The van der Waals surface area contributed by atoms with Crippen molar-refractivity contribution in [2.45, 2.75) is 43.9 Å². The van der Waals surface area contributed by atoms with Crippen molar-refractivity contribution in [1.29, 1.82) is 0 Å². The quantitative estimate of drug-likeness (QED) is 0.829.